The molecule has 2 aromatic heterocycles. The second kappa shape index (κ2) is 11.2. The summed E-state index contributed by atoms with van der Waals surface area (Å²) in [5, 5.41) is 5.67. The Labute approximate surface area is 210 Å². The maximum atomic E-state index is 13.4. The Morgan fingerprint density at radius 1 is 1.17 bits per heavy atom. The third-order valence-corrected chi connectivity index (χ3v) is 6.93. The van der Waals surface area contributed by atoms with Crippen LogP contribution in [0.4, 0.5) is 5.69 Å². The average Bonchev–Trinajstić information content (AvgIpc) is 3.30. The summed E-state index contributed by atoms with van der Waals surface area (Å²) in [6.07, 6.45) is 1.63. The Bertz CT molecular complexity index is 1440. The van der Waals surface area contributed by atoms with Crippen LogP contribution in [0.1, 0.15) is 17.3 Å². The number of esters is 1. The number of carbonyl (C=O) groups is 2. The van der Waals surface area contributed by atoms with Gasteiger partial charge < -0.3 is 10.1 Å². The minimum Gasteiger partial charge on any atom is -0.462 e. The lowest BCUT2D eigenvalue weighted by molar-refractivity contribution is -0.113. The molecule has 4 rings (SSSR count). The summed E-state index contributed by atoms with van der Waals surface area (Å²) in [4.78, 5) is 43.6. The summed E-state index contributed by atoms with van der Waals surface area (Å²) in [7, 11) is 0. The van der Waals surface area contributed by atoms with Crippen LogP contribution < -0.4 is 10.9 Å². The van der Waals surface area contributed by atoms with E-state index in [0.29, 0.717) is 21.1 Å². The number of carbonyl (C=O) groups excluding carboxylic acids is 2. The fraction of sp³-hybridized carbons (Fsp3) is 0.154. The summed E-state index contributed by atoms with van der Waals surface area (Å²) in [5.74, 6) is -0.833. The van der Waals surface area contributed by atoms with E-state index in [0.717, 1.165) is 22.9 Å². The van der Waals surface area contributed by atoms with Gasteiger partial charge in [-0.05, 0) is 24.6 Å². The second-order valence-electron chi connectivity index (χ2n) is 7.40. The van der Waals surface area contributed by atoms with Crippen molar-refractivity contribution in [3.05, 3.63) is 88.5 Å². The number of fused-ring (bicyclic) bond motifs is 1. The molecule has 35 heavy (non-hydrogen) atoms. The summed E-state index contributed by atoms with van der Waals surface area (Å²) in [5.41, 5.74) is 2.26. The number of rotatable bonds is 9. The van der Waals surface area contributed by atoms with Crippen LogP contribution in [-0.4, -0.2) is 33.8 Å². The molecule has 1 amide bonds. The van der Waals surface area contributed by atoms with Crippen molar-refractivity contribution in [2.45, 2.75) is 18.6 Å². The molecule has 0 aliphatic heterocycles. The van der Waals surface area contributed by atoms with Crippen molar-refractivity contribution in [1.29, 1.82) is 0 Å². The fourth-order valence-corrected chi connectivity index (χ4v) is 5.33. The number of nitrogens with zero attached hydrogens (tertiary/aromatic N) is 2. The van der Waals surface area contributed by atoms with Crippen LogP contribution in [0, 0.1) is 0 Å². The smallest absolute Gasteiger partial charge is 0.340 e. The number of nitrogens with one attached hydrogen (secondary N) is 1. The molecule has 2 aromatic carbocycles. The number of hydrogen-bond acceptors (Lipinski definition) is 7. The van der Waals surface area contributed by atoms with E-state index in [1.165, 1.54) is 15.9 Å². The molecule has 9 heteroatoms. The predicted molar refractivity (Wildman–Crippen MR) is 141 cm³/mol. The summed E-state index contributed by atoms with van der Waals surface area (Å²) >= 11 is 2.55. The first kappa shape index (κ1) is 24.4. The Kier molecular flexibility index (Phi) is 7.79. The van der Waals surface area contributed by atoms with Gasteiger partial charge in [-0.2, -0.15) is 0 Å². The molecule has 0 aliphatic carbocycles. The standard InChI is InChI=1S/C26H23N3O4S2/c1-3-14-29-24(31)22-19(17-10-6-5-7-11-17)15-34-23(22)28-26(29)35-16-21(30)27-20-13-9-8-12-18(20)25(32)33-4-2/h3,5-13,15H,1,4,14,16H2,2H3,(H,27,30). The van der Waals surface area contributed by atoms with Gasteiger partial charge in [0.25, 0.3) is 5.56 Å². The van der Waals surface area contributed by atoms with E-state index in [-0.39, 0.29) is 35.9 Å². The molecule has 2 heterocycles. The van der Waals surface area contributed by atoms with E-state index in [1.54, 1.807) is 37.3 Å². The molecule has 0 saturated heterocycles. The van der Waals surface area contributed by atoms with Crippen LogP contribution in [0.15, 0.2) is 82.6 Å². The second-order valence-corrected chi connectivity index (χ2v) is 9.20. The number of anilines is 1. The molecule has 0 aliphatic rings. The number of amides is 1. The fourth-order valence-electron chi connectivity index (χ4n) is 3.53. The number of thioether (sulfide) groups is 1. The molecule has 7 nitrogen and oxygen atoms in total. The highest BCUT2D eigenvalue weighted by Crippen LogP contribution is 2.32. The van der Waals surface area contributed by atoms with Gasteiger partial charge in [0.2, 0.25) is 5.91 Å². The molecule has 0 atom stereocenters. The third-order valence-electron chi connectivity index (χ3n) is 5.08. The van der Waals surface area contributed by atoms with Gasteiger partial charge in [-0.15, -0.1) is 17.9 Å². The highest BCUT2D eigenvalue weighted by molar-refractivity contribution is 7.99. The monoisotopic (exact) mass is 505 g/mol. The van der Waals surface area contributed by atoms with Crippen molar-refractivity contribution in [2.75, 3.05) is 17.7 Å². The zero-order valence-corrected chi connectivity index (χ0v) is 20.7. The molecule has 4 aromatic rings. The van der Waals surface area contributed by atoms with Crippen molar-refractivity contribution >= 4 is 50.9 Å². The van der Waals surface area contributed by atoms with Crippen LogP contribution in [0.25, 0.3) is 21.3 Å². The minimum absolute atomic E-state index is 0.00314. The van der Waals surface area contributed by atoms with Crippen LogP contribution in [0.2, 0.25) is 0 Å². The number of allylic oxidation sites excluding steroid dienone is 1. The summed E-state index contributed by atoms with van der Waals surface area (Å²) in [6, 6.07) is 16.4. The molecule has 0 saturated carbocycles. The van der Waals surface area contributed by atoms with Crippen LogP contribution >= 0.6 is 23.1 Å². The quantitative estimate of drug-likeness (QED) is 0.145. The van der Waals surface area contributed by atoms with Crippen molar-refractivity contribution in [3.8, 4) is 11.1 Å². The first-order valence-electron chi connectivity index (χ1n) is 10.9. The predicted octanol–water partition coefficient (Wildman–Crippen LogP) is 5.22. The van der Waals surface area contributed by atoms with Crippen molar-refractivity contribution in [2.24, 2.45) is 0 Å². The number of hydrogen-bond donors (Lipinski definition) is 1. The van der Waals surface area contributed by atoms with E-state index in [1.807, 2.05) is 35.7 Å². The van der Waals surface area contributed by atoms with Gasteiger partial charge in [-0.3, -0.25) is 14.2 Å². The SMILES string of the molecule is C=CCn1c(SCC(=O)Nc2ccccc2C(=O)OCC)nc2scc(-c3ccccc3)c2c1=O. The van der Waals surface area contributed by atoms with Crippen molar-refractivity contribution in [3.63, 3.8) is 0 Å². The Hall–Kier alpha value is -3.69. The minimum atomic E-state index is -0.505. The van der Waals surface area contributed by atoms with Gasteiger partial charge in [0.1, 0.15) is 4.83 Å². The normalized spacial score (nSPS) is 10.8. The lowest BCUT2D eigenvalue weighted by Crippen LogP contribution is -2.24. The number of benzene rings is 2. The first-order chi connectivity index (χ1) is 17.0. The molecule has 0 spiro atoms. The average molecular weight is 506 g/mol. The first-order valence-corrected chi connectivity index (χ1v) is 12.8. The molecule has 1 N–H and O–H groups in total. The van der Waals surface area contributed by atoms with Crippen LogP contribution in [0.3, 0.4) is 0 Å². The van der Waals surface area contributed by atoms with Gasteiger partial charge in [0.05, 0.1) is 29.0 Å². The van der Waals surface area contributed by atoms with Crippen molar-refractivity contribution in [1.82, 2.24) is 9.55 Å². The lowest BCUT2D eigenvalue weighted by atomic mass is 10.1. The van der Waals surface area contributed by atoms with E-state index < -0.39 is 5.97 Å². The lowest BCUT2D eigenvalue weighted by Gasteiger charge is -2.12. The molecule has 0 fully saturated rings. The Morgan fingerprint density at radius 2 is 1.91 bits per heavy atom. The number of aromatic nitrogens is 2. The zero-order chi connectivity index (χ0) is 24.8. The topological polar surface area (TPSA) is 90.3 Å². The molecule has 0 unspecified atom stereocenters. The van der Waals surface area contributed by atoms with Crippen LogP contribution in [0.5, 0.6) is 0 Å². The third kappa shape index (κ3) is 5.36. The van der Waals surface area contributed by atoms with Crippen molar-refractivity contribution < 1.29 is 14.3 Å². The summed E-state index contributed by atoms with van der Waals surface area (Å²) < 4.78 is 6.59. The van der Waals surface area contributed by atoms with Gasteiger partial charge in [0, 0.05) is 17.5 Å². The largest absolute Gasteiger partial charge is 0.462 e. The van der Waals surface area contributed by atoms with Gasteiger partial charge in [0.15, 0.2) is 5.16 Å². The summed E-state index contributed by atoms with van der Waals surface area (Å²) in [6.45, 7) is 5.98. The van der Waals surface area contributed by atoms with E-state index in [2.05, 4.69) is 11.9 Å². The molecule has 0 bridgehead atoms. The highest BCUT2D eigenvalue weighted by Gasteiger charge is 2.19. The van der Waals surface area contributed by atoms with E-state index in [9.17, 15) is 14.4 Å². The van der Waals surface area contributed by atoms with Crippen LogP contribution in [-0.2, 0) is 16.1 Å². The maximum absolute atomic E-state index is 13.4. The Balaban J connectivity index is 1.59. The molecular formula is C26H23N3O4S2. The number of ether oxygens (including phenoxy) is 1. The van der Waals surface area contributed by atoms with Gasteiger partial charge >= 0.3 is 5.97 Å². The molecule has 178 valence electrons. The molecule has 0 radical (unpaired) electrons. The Morgan fingerprint density at radius 3 is 2.66 bits per heavy atom. The highest BCUT2D eigenvalue weighted by atomic mass is 32.2. The number of thiophene rings is 1. The van der Waals surface area contributed by atoms with Gasteiger partial charge in [-0.1, -0.05) is 60.3 Å². The maximum Gasteiger partial charge on any atom is 0.340 e. The van der Waals surface area contributed by atoms with E-state index in [4.69, 9.17) is 9.72 Å². The zero-order valence-electron chi connectivity index (χ0n) is 19.0. The van der Waals surface area contributed by atoms with Gasteiger partial charge in [-0.25, -0.2) is 9.78 Å². The number of para-hydroxylation sites is 1. The molecular weight excluding hydrogens is 482 g/mol. The van der Waals surface area contributed by atoms with E-state index >= 15 is 0 Å².